The van der Waals surface area contributed by atoms with Crippen molar-refractivity contribution in [3.8, 4) is 0 Å². The topological polar surface area (TPSA) is 75.6 Å². The smallest absolute Gasteiger partial charge is 0.332 e. The Morgan fingerprint density at radius 2 is 2.28 bits per heavy atom. The molecule has 0 bridgehead atoms. The Morgan fingerprint density at radius 1 is 1.67 bits per heavy atom. The molecule has 0 radical (unpaired) electrons. The predicted molar refractivity (Wildman–Crippen MR) is 58.3 cm³/mol. The second-order valence-electron chi connectivity index (χ2n) is 4.16. The fourth-order valence-electron chi connectivity index (χ4n) is 1.94. The Bertz CT molecular complexity index is 372. The highest BCUT2D eigenvalue weighted by atomic mass is 19.3. The Kier molecular flexibility index (Phi) is 4.39. The van der Waals surface area contributed by atoms with Crippen LogP contribution in [0.15, 0.2) is 12.2 Å². The number of carboxylic acid groups (broad SMARTS) is 1. The van der Waals surface area contributed by atoms with Crippen LogP contribution in [-0.2, 0) is 14.3 Å². The summed E-state index contributed by atoms with van der Waals surface area (Å²) in [5.74, 6) is -2.45. The first kappa shape index (κ1) is 14.6. The van der Waals surface area contributed by atoms with Crippen LogP contribution in [0.3, 0.4) is 0 Å². The van der Waals surface area contributed by atoms with Gasteiger partial charge in [-0.1, -0.05) is 12.2 Å². The maximum Gasteiger partial charge on any atom is 0.332 e. The summed E-state index contributed by atoms with van der Waals surface area (Å²) < 4.78 is 30.9. The van der Waals surface area contributed by atoms with Gasteiger partial charge < -0.3 is 9.84 Å². The lowest BCUT2D eigenvalue weighted by Gasteiger charge is -2.39. The standard InChI is InChI=1S/C11H15F2NO4/c1-3-18-10(17)11(9(12)13)5-6(2)4-7(14-11)8(15)16/h7,9,14H,2-5H2,1H3,(H,15,16). The van der Waals surface area contributed by atoms with E-state index < -0.39 is 29.9 Å². The van der Waals surface area contributed by atoms with E-state index in [1.807, 2.05) is 0 Å². The second-order valence-corrected chi connectivity index (χ2v) is 4.16. The molecule has 0 aromatic heterocycles. The van der Waals surface area contributed by atoms with E-state index >= 15 is 0 Å². The van der Waals surface area contributed by atoms with Gasteiger partial charge in [-0.2, -0.15) is 0 Å². The molecule has 18 heavy (non-hydrogen) atoms. The quantitative estimate of drug-likeness (QED) is 0.583. The Morgan fingerprint density at radius 3 is 2.72 bits per heavy atom. The van der Waals surface area contributed by atoms with Crippen LogP contribution in [0.5, 0.6) is 0 Å². The van der Waals surface area contributed by atoms with E-state index in [2.05, 4.69) is 16.6 Å². The summed E-state index contributed by atoms with van der Waals surface area (Å²) in [5.41, 5.74) is -2.02. The molecule has 2 atom stereocenters. The van der Waals surface area contributed by atoms with E-state index in [9.17, 15) is 18.4 Å². The molecule has 7 heteroatoms. The maximum atomic E-state index is 13.2. The second kappa shape index (κ2) is 5.43. The van der Waals surface area contributed by atoms with Gasteiger partial charge in [0.1, 0.15) is 6.04 Å². The van der Waals surface area contributed by atoms with E-state index in [1.54, 1.807) is 0 Å². The number of hydrogen-bond acceptors (Lipinski definition) is 4. The van der Waals surface area contributed by atoms with Crippen molar-refractivity contribution in [3.63, 3.8) is 0 Å². The fraction of sp³-hybridized carbons (Fsp3) is 0.636. The first-order chi connectivity index (χ1) is 8.33. The van der Waals surface area contributed by atoms with Crippen molar-refractivity contribution >= 4 is 11.9 Å². The van der Waals surface area contributed by atoms with E-state index in [1.165, 1.54) is 6.92 Å². The number of hydrogen-bond donors (Lipinski definition) is 2. The van der Waals surface area contributed by atoms with Crippen LogP contribution < -0.4 is 5.32 Å². The molecule has 1 saturated heterocycles. The number of halogens is 2. The zero-order valence-electron chi connectivity index (χ0n) is 9.91. The molecule has 0 spiro atoms. The van der Waals surface area contributed by atoms with Crippen LogP contribution in [0.4, 0.5) is 8.78 Å². The van der Waals surface area contributed by atoms with Gasteiger partial charge in [0, 0.05) is 6.42 Å². The van der Waals surface area contributed by atoms with Crippen LogP contribution in [-0.4, -0.2) is 41.7 Å². The molecule has 5 nitrogen and oxygen atoms in total. The number of rotatable bonds is 4. The zero-order chi connectivity index (χ0) is 13.9. The Balaban J connectivity index is 3.06. The number of alkyl halides is 2. The number of aliphatic carboxylic acids is 1. The number of nitrogens with one attached hydrogen (secondary N) is 1. The number of carbonyl (C=O) groups excluding carboxylic acids is 1. The third-order valence-corrected chi connectivity index (χ3v) is 2.76. The van der Waals surface area contributed by atoms with Gasteiger partial charge in [-0.3, -0.25) is 10.1 Å². The van der Waals surface area contributed by atoms with Gasteiger partial charge in [0.2, 0.25) is 0 Å². The molecule has 1 aliphatic heterocycles. The molecule has 1 rings (SSSR count). The lowest BCUT2D eigenvalue weighted by molar-refractivity contribution is -0.161. The van der Waals surface area contributed by atoms with Gasteiger partial charge in [-0.15, -0.1) is 0 Å². The molecular formula is C11H15F2NO4. The minimum Gasteiger partial charge on any atom is -0.480 e. The fourth-order valence-corrected chi connectivity index (χ4v) is 1.94. The predicted octanol–water partition coefficient (Wildman–Crippen LogP) is 0.946. The Labute approximate surface area is 103 Å². The molecule has 0 aromatic carbocycles. The van der Waals surface area contributed by atoms with Gasteiger partial charge in [-0.25, -0.2) is 13.6 Å². The highest BCUT2D eigenvalue weighted by Gasteiger charge is 2.53. The molecule has 0 aliphatic carbocycles. The highest BCUT2D eigenvalue weighted by molar-refractivity contribution is 5.84. The highest BCUT2D eigenvalue weighted by Crippen LogP contribution is 2.32. The summed E-state index contributed by atoms with van der Waals surface area (Å²) >= 11 is 0. The number of carbonyl (C=O) groups is 2. The zero-order valence-corrected chi connectivity index (χ0v) is 9.91. The summed E-state index contributed by atoms with van der Waals surface area (Å²) in [7, 11) is 0. The van der Waals surface area contributed by atoms with Crippen LogP contribution in [0, 0.1) is 0 Å². The summed E-state index contributed by atoms with van der Waals surface area (Å²) in [6, 6.07) is -1.26. The molecule has 102 valence electrons. The van der Waals surface area contributed by atoms with Crippen molar-refractivity contribution < 1.29 is 28.2 Å². The van der Waals surface area contributed by atoms with Gasteiger partial charge >= 0.3 is 11.9 Å². The van der Waals surface area contributed by atoms with Crippen LogP contribution in [0.2, 0.25) is 0 Å². The van der Waals surface area contributed by atoms with E-state index in [-0.39, 0.29) is 25.0 Å². The van der Waals surface area contributed by atoms with Crippen molar-refractivity contribution in [3.05, 3.63) is 12.2 Å². The van der Waals surface area contributed by atoms with Crippen molar-refractivity contribution in [1.29, 1.82) is 0 Å². The number of carboxylic acids is 1. The van der Waals surface area contributed by atoms with E-state index in [0.29, 0.717) is 0 Å². The van der Waals surface area contributed by atoms with Gasteiger partial charge in [0.15, 0.2) is 5.54 Å². The summed E-state index contributed by atoms with van der Waals surface area (Å²) in [4.78, 5) is 22.6. The minimum absolute atomic E-state index is 0.0171. The molecule has 1 fully saturated rings. The lowest BCUT2D eigenvalue weighted by atomic mass is 9.83. The number of esters is 1. The SMILES string of the molecule is C=C1CC(C(=O)O)NC(C(=O)OCC)(C(F)F)C1. The monoisotopic (exact) mass is 263 g/mol. The van der Waals surface area contributed by atoms with Gasteiger partial charge in [-0.05, 0) is 13.3 Å². The number of ether oxygens (including phenoxy) is 1. The Hall–Kier alpha value is -1.50. The summed E-state index contributed by atoms with van der Waals surface area (Å²) in [6.45, 7) is 4.96. The lowest BCUT2D eigenvalue weighted by Crippen LogP contribution is -2.65. The third-order valence-electron chi connectivity index (χ3n) is 2.76. The molecule has 2 N–H and O–H groups in total. The van der Waals surface area contributed by atoms with Crippen LogP contribution >= 0.6 is 0 Å². The van der Waals surface area contributed by atoms with E-state index in [4.69, 9.17) is 5.11 Å². The first-order valence-electron chi connectivity index (χ1n) is 5.46. The van der Waals surface area contributed by atoms with Gasteiger partial charge in [0.05, 0.1) is 6.61 Å². The number of piperidine rings is 1. The first-order valence-corrected chi connectivity index (χ1v) is 5.46. The average molecular weight is 263 g/mol. The van der Waals surface area contributed by atoms with Gasteiger partial charge in [0.25, 0.3) is 6.43 Å². The van der Waals surface area contributed by atoms with Crippen molar-refractivity contribution in [2.75, 3.05) is 6.61 Å². The molecular weight excluding hydrogens is 248 g/mol. The van der Waals surface area contributed by atoms with Crippen molar-refractivity contribution in [1.82, 2.24) is 5.32 Å². The van der Waals surface area contributed by atoms with Crippen molar-refractivity contribution in [2.45, 2.75) is 37.8 Å². The minimum atomic E-state index is -3.07. The normalized spacial score (nSPS) is 28.2. The van der Waals surface area contributed by atoms with E-state index in [0.717, 1.165) is 0 Å². The molecule has 0 amide bonds. The molecule has 1 aliphatic rings. The molecule has 2 unspecified atom stereocenters. The third kappa shape index (κ3) is 2.66. The summed E-state index contributed by atoms with van der Waals surface area (Å²) in [6.07, 6.45) is -3.38. The average Bonchev–Trinajstić information content (AvgIpc) is 2.27. The summed E-state index contributed by atoms with van der Waals surface area (Å²) in [5, 5.41) is 11.1. The molecule has 1 heterocycles. The van der Waals surface area contributed by atoms with Crippen LogP contribution in [0.25, 0.3) is 0 Å². The van der Waals surface area contributed by atoms with Crippen LogP contribution in [0.1, 0.15) is 19.8 Å². The largest absolute Gasteiger partial charge is 0.480 e. The van der Waals surface area contributed by atoms with Crippen molar-refractivity contribution in [2.24, 2.45) is 0 Å². The molecule has 0 saturated carbocycles. The molecule has 0 aromatic rings. The maximum absolute atomic E-state index is 13.2.